The van der Waals surface area contributed by atoms with Gasteiger partial charge in [-0.3, -0.25) is 0 Å². The van der Waals surface area contributed by atoms with E-state index in [1.54, 1.807) is 7.11 Å². The molecule has 21 heavy (non-hydrogen) atoms. The fraction of sp³-hybridized carbons (Fsp3) is 0.562. The number of ether oxygens (including phenoxy) is 1. The lowest BCUT2D eigenvalue weighted by molar-refractivity contribution is 0.104. The van der Waals surface area contributed by atoms with Crippen molar-refractivity contribution in [1.82, 2.24) is 5.32 Å². The minimum absolute atomic E-state index is 0.00927. The van der Waals surface area contributed by atoms with E-state index in [1.165, 1.54) is 11.1 Å². The van der Waals surface area contributed by atoms with Gasteiger partial charge in [0.25, 0.3) is 0 Å². The van der Waals surface area contributed by atoms with Crippen molar-refractivity contribution in [2.24, 2.45) is 0 Å². The van der Waals surface area contributed by atoms with Gasteiger partial charge in [-0.15, -0.1) is 0 Å². The zero-order chi connectivity index (χ0) is 15.9. The summed E-state index contributed by atoms with van der Waals surface area (Å²) < 4.78 is 5.11. The second-order valence-electron chi connectivity index (χ2n) is 5.54. The number of hydrogen-bond acceptors (Lipinski definition) is 3. The summed E-state index contributed by atoms with van der Waals surface area (Å²) in [6, 6.07) is 5.56. The van der Waals surface area contributed by atoms with Gasteiger partial charge in [0, 0.05) is 19.4 Å². The van der Waals surface area contributed by atoms with E-state index in [1.807, 2.05) is 25.1 Å². The predicted molar refractivity (Wildman–Crippen MR) is 84.7 cm³/mol. The predicted octanol–water partition coefficient (Wildman–Crippen LogP) is 2.47. The van der Waals surface area contributed by atoms with E-state index in [-0.39, 0.29) is 12.6 Å². The minimum atomic E-state index is -0.591. The van der Waals surface area contributed by atoms with Crippen LogP contribution in [0.2, 0.25) is 0 Å². The summed E-state index contributed by atoms with van der Waals surface area (Å²) >= 11 is 0. The van der Waals surface area contributed by atoms with Gasteiger partial charge in [-0.1, -0.05) is 13.0 Å². The summed E-state index contributed by atoms with van der Waals surface area (Å²) in [4.78, 5) is 12.1. The van der Waals surface area contributed by atoms with Crippen LogP contribution in [0.1, 0.15) is 31.4 Å². The van der Waals surface area contributed by atoms with Crippen LogP contribution >= 0.6 is 0 Å². The summed E-state index contributed by atoms with van der Waals surface area (Å²) in [6.45, 7) is 6.32. The zero-order valence-electron chi connectivity index (χ0n) is 13.3. The number of aliphatic hydroxyl groups is 1. The lowest BCUT2D eigenvalue weighted by Gasteiger charge is -2.29. The largest absolute Gasteiger partial charge is 0.396 e. The van der Waals surface area contributed by atoms with E-state index in [0.29, 0.717) is 13.0 Å². The Bertz CT molecular complexity index is 469. The number of aliphatic hydroxyl groups excluding tert-OH is 1. The first-order chi connectivity index (χ1) is 9.94. The number of amides is 2. The van der Waals surface area contributed by atoms with Crippen molar-refractivity contribution >= 4 is 11.7 Å². The molecule has 2 amide bonds. The summed E-state index contributed by atoms with van der Waals surface area (Å²) in [5.74, 6) is 0. The summed E-state index contributed by atoms with van der Waals surface area (Å²) in [5.41, 5.74) is 2.60. The highest BCUT2D eigenvalue weighted by Gasteiger charge is 2.25. The van der Waals surface area contributed by atoms with Gasteiger partial charge in [0.05, 0.1) is 12.1 Å². The fourth-order valence-corrected chi connectivity index (χ4v) is 2.30. The van der Waals surface area contributed by atoms with Crippen molar-refractivity contribution in [3.05, 3.63) is 29.3 Å². The average molecular weight is 294 g/mol. The molecule has 0 aromatic heterocycles. The molecule has 0 spiro atoms. The molecule has 5 heteroatoms. The van der Waals surface area contributed by atoms with Gasteiger partial charge >= 0.3 is 6.03 Å². The van der Waals surface area contributed by atoms with E-state index in [2.05, 4.69) is 24.5 Å². The first-order valence-electron chi connectivity index (χ1n) is 7.22. The summed E-state index contributed by atoms with van der Waals surface area (Å²) in [6.07, 6.45) is 1.36. The Labute approximate surface area is 126 Å². The number of urea groups is 1. The maximum atomic E-state index is 12.1. The van der Waals surface area contributed by atoms with Crippen LogP contribution in [0.5, 0.6) is 0 Å². The van der Waals surface area contributed by atoms with E-state index in [9.17, 15) is 4.79 Å². The van der Waals surface area contributed by atoms with Crippen LogP contribution in [0.25, 0.3) is 0 Å². The van der Waals surface area contributed by atoms with E-state index in [0.717, 1.165) is 12.1 Å². The van der Waals surface area contributed by atoms with Crippen molar-refractivity contribution in [2.45, 2.75) is 39.2 Å². The minimum Gasteiger partial charge on any atom is -0.396 e. The van der Waals surface area contributed by atoms with E-state index < -0.39 is 5.54 Å². The normalized spacial score (nSPS) is 13.6. The molecule has 1 atom stereocenters. The molecule has 0 aliphatic carbocycles. The molecular formula is C16H26N2O3. The van der Waals surface area contributed by atoms with Crippen LogP contribution in [0.4, 0.5) is 10.5 Å². The third kappa shape index (κ3) is 5.36. The van der Waals surface area contributed by atoms with Gasteiger partial charge in [-0.2, -0.15) is 0 Å². The van der Waals surface area contributed by atoms with Gasteiger partial charge in [0.15, 0.2) is 0 Å². The molecule has 0 bridgehead atoms. The molecule has 0 radical (unpaired) electrons. The Kier molecular flexibility index (Phi) is 6.65. The number of benzene rings is 1. The molecule has 0 aliphatic rings. The molecule has 1 aromatic carbocycles. The van der Waals surface area contributed by atoms with E-state index >= 15 is 0 Å². The average Bonchev–Trinajstić information content (AvgIpc) is 2.41. The maximum Gasteiger partial charge on any atom is 0.319 e. The molecule has 0 saturated heterocycles. The Morgan fingerprint density at radius 2 is 2.14 bits per heavy atom. The molecule has 5 nitrogen and oxygen atoms in total. The van der Waals surface area contributed by atoms with Crippen molar-refractivity contribution in [3.63, 3.8) is 0 Å². The molecule has 1 rings (SSSR count). The van der Waals surface area contributed by atoms with Crippen LogP contribution in [0, 0.1) is 6.92 Å². The van der Waals surface area contributed by atoms with Crippen LogP contribution in [0.3, 0.4) is 0 Å². The molecule has 0 heterocycles. The maximum absolute atomic E-state index is 12.1. The van der Waals surface area contributed by atoms with Gasteiger partial charge in [-0.05, 0) is 49.9 Å². The number of rotatable bonds is 7. The number of anilines is 1. The van der Waals surface area contributed by atoms with Crippen molar-refractivity contribution in [2.75, 3.05) is 25.6 Å². The Balaban J connectivity index is 2.72. The zero-order valence-corrected chi connectivity index (χ0v) is 13.3. The first kappa shape index (κ1) is 17.5. The number of hydrogen-bond donors (Lipinski definition) is 3. The second-order valence-corrected chi connectivity index (χ2v) is 5.54. The SMILES string of the molecule is CCc1cc(NC(=O)NC(C)(CCO)COC)ccc1C. The third-order valence-electron chi connectivity index (χ3n) is 3.53. The fourth-order valence-electron chi connectivity index (χ4n) is 2.30. The highest BCUT2D eigenvalue weighted by Crippen LogP contribution is 2.16. The molecular weight excluding hydrogens is 268 g/mol. The topological polar surface area (TPSA) is 70.6 Å². The second kappa shape index (κ2) is 8.00. The third-order valence-corrected chi connectivity index (χ3v) is 3.53. The number of carbonyl (C=O) groups is 1. The monoisotopic (exact) mass is 294 g/mol. The Morgan fingerprint density at radius 1 is 1.43 bits per heavy atom. The first-order valence-corrected chi connectivity index (χ1v) is 7.22. The highest BCUT2D eigenvalue weighted by atomic mass is 16.5. The van der Waals surface area contributed by atoms with Crippen LogP contribution in [-0.4, -0.2) is 37.0 Å². The summed E-state index contributed by atoms with van der Waals surface area (Å²) in [7, 11) is 1.57. The number of methoxy groups -OCH3 is 1. The van der Waals surface area contributed by atoms with Gasteiger partial charge in [0.2, 0.25) is 0 Å². The smallest absolute Gasteiger partial charge is 0.319 e. The Hall–Kier alpha value is -1.59. The lowest BCUT2D eigenvalue weighted by atomic mass is 10.00. The van der Waals surface area contributed by atoms with Crippen molar-refractivity contribution in [1.29, 1.82) is 0 Å². The van der Waals surface area contributed by atoms with Crippen LogP contribution in [0.15, 0.2) is 18.2 Å². The molecule has 118 valence electrons. The van der Waals surface area contributed by atoms with Gasteiger partial charge in [-0.25, -0.2) is 4.79 Å². The quantitative estimate of drug-likeness (QED) is 0.723. The standard InChI is InChI=1S/C16H26N2O3/c1-5-13-10-14(7-6-12(13)2)17-15(20)18-16(3,8-9-19)11-21-4/h6-7,10,19H,5,8-9,11H2,1-4H3,(H2,17,18,20). The molecule has 0 fully saturated rings. The van der Waals surface area contributed by atoms with Gasteiger partial charge < -0.3 is 20.5 Å². The molecule has 1 unspecified atom stereocenters. The highest BCUT2D eigenvalue weighted by molar-refractivity contribution is 5.89. The number of aryl methyl sites for hydroxylation is 2. The molecule has 0 aliphatic heterocycles. The van der Waals surface area contributed by atoms with Crippen molar-refractivity contribution in [3.8, 4) is 0 Å². The lowest BCUT2D eigenvalue weighted by Crippen LogP contribution is -2.51. The van der Waals surface area contributed by atoms with Crippen LogP contribution in [-0.2, 0) is 11.2 Å². The summed E-state index contributed by atoms with van der Waals surface area (Å²) in [5, 5.41) is 14.8. The number of carbonyl (C=O) groups excluding carboxylic acids is 1. The van der Waals surface area contributed by atoms with Crippen molar-refractivity contribution < 1.29 is 14.6 Å². The molecule has 1 aromatic rings. The molecule has 3 N–H and O–H groups in total. The Morgan fingerprint density at radius 3 is 2.71 bits per heavy atom. The number of nitrogens with one attached hydrogen (secondary N) is 2. The molecule has 0 saturated carbocycles. The van der Waals surface area contributed by atoms with Crippen LogP contribution < -0.4 is 10.6 Å². The van der Waals surface area contributed by atoms with Gasteiger partial charge in [0.1, 0.15) is 0 Å². The van der Waals surface area contributed by atoms with E-state index in [4.69, 9.17) is 9.84 Å².